The average molecular weight is 277 g/mol. The van der Waals surface area contributed by atoms with Crippen LogP contribution in [0.3, 0.4) is 0 Å². The van der Waals surface area contributed by atoms with Crippen LogP contribution in [0.25, 0.3) is 0 Å². The SMILES string of the molecule is COC(C)(CCCN1C(=O)c2ccccc2C1=O)OC. The Morgan fingerprint density at radius 1 is 1.05 bits per heavy atom. The van der Waals surface area contributed by atoms with Gasteiger partial charge in [-0.25, -0.2) is 0 Å². The van der Waals surface area contributed by atoms with Crippen molar-refractivity contribution in [2.75, 3.05) is 20.8 Å². The lowest BCUT2D eigenvalue weighted by Crippen LogP contribution is -2.34. The fraction of sp³-hybridized carbons (Fsp3) is 0.467. The fourth-order valence-corrected chi connectivity index (χ4v) is 2.29. The van der Waals surface area contributed by atoms with E-state index in [0.717, 1.165) is 0 Å². The van der Waals surface area contributed by atoms with Gasteiger partial charge in [0.2, 0.25) is 0 Å². The Balaban J connectivity index is 1.99. The molecule has 1 aromatic carbocycles. The van der Waals surface area contributed by atoms with Crippen molar-refractivity contribution in [3.8, 4) is 0 Å². The van der Waals surface area contributed by atoms with Gasteiger partial charge >= 0.3 is 0 Å². The minimum absolute atomic E-state index is 0.220. The number of ether oxygens (including phenoxy) is 2. The number of hydrogen-bond donors (Lipinski definition) is 0. The first-order valence-electron chi connectivity index (χ1n) is 6.58. The topological polar surface area (TPSA) is 55.8 Å². The van der Waals surface area contributed by atoms with Crippen molar-refractivity contribution in [3.05, 3.63) is 35.4 Å². The maximum atomic E-state index is 12.1. The highest BCUT2D eigenvalue weighted by molar-refractivity contribution is 6.21. The van der Waals surface area contributed by atoms with Gasteiger partial charge in [-0.2, -0.15) is 0 Å². The van der Waals surface area contributed by atoms with Crippen molar-refractivity contribution in [2.45, 2.75) is 25.6 Å². The van der Waals surface area contributed by atoms with Gasteiger partial charge in [-0.15, -0.1) is 0 Å². The van der Waals surface area contributed by atoms with Crippen LogP contribution in [0.5, 0.6) is 0 Å². The monoisotopic (exact) mass is 277 g/mol. The van der Waals surface area contributed by atoms with Crippen LogP contribution in [0, 0.1) is 0 Å². The van der Waals surface area contributed by atoms with Gasteiger partial charge in [-0.05, 0) is 25.5 Å². The lowest BCUT2D eigenvalue weighted by molar-refractivity contribution is -0.197. The summed E-state index contributed by atoms with van der Waals surface area (Å²) in [6, 6.07) is 6.90. The Bertz CT molecular complexity index is 487. The smallest absolute Gasteiger partial charge is 0.261 e. The molecule has 1 aliphatic rings. The number of fused-ring (bicyclic) bond motifs is 1. The Kier molecular flexibility index (Phi) is 4.20. The molecule has 2 rings (SSSR count). The Labute approximate surface area is 118 Å². The first-order chi connectivity index (χ1) is 9.52. The Hall–Kier alpha value is -1.72. The predicted octanol–water partition coefficient (Wildman–Crippen LogP) is 2.07. The van der Waals surface area contributed by atoms with Crippen molar-refractivity contribution in [2.24, 2.45) is 0 Å². The number of hydrogen-bond acceptors (Lipinski definition) is 4. The zero-order valence-electron chi connectivity index (χ0n) is 12.0. The third-order valence-corrected chi connectivity index (χ3v) is 3.75. The lowest BCUT2D eigenvalue weighted by atomic mass is 10.1. The number of nitrogens with zero attached hydrogens (tertiary/aromatic N) is 1. The summed E-state index contributed by atoms with van der Waals surface area (Å²) in [4.78, 5) is 25.6. The normalized spacial score (nSPS) is 14.8. The van der Waals surface area contributed by atoms with Gasteiger partial charge in [0.25, 0.3) is 11.8 Å². The molecule has 0 fully saturated rings. The van der Waals surface area contributed by atoms with E-state index in [1.54, 1.807) is 38.5 Å². The maximum absolute atomic E-state index is 12.1. The molecule has 0 bridgehead atoms. The van der Waals surface area contributed by atoms with Crippen LogP contribution in [-0.4, -0.2) is 43.3 Å². The number of rotatable bonds is 6. The maximum Gasteiger partial charge on any atom is 0.261 e. The van der Waals surface area contributed by atoms with Crippen LogP contribution in [0.1, 0.15) is 40.5 Å². The number of carbonyl (C=O) groups is 2. The van der Waals surface area contributed by atoms with Gasteiger partial charge in [0.05, 0.1) is 11.1 Å². The quantitative estimate of drug-likeness (QED) is 0.590. The summed E-state index contributed by atoms with van der Waals surface area (Å²) in [5.74, 6) is -1.12. The molecular weight excluding hydrogens is 258 g/mol. The molecule has 1 aromatic rings. The highest BCUT2D eigenvalue weighted by Crippen LogP contribution is 2.24. The van der Waals surface area contributed by atoms with E-state index >= 15 is 0 Å². The van der Waals surface area contributed by atoms with E-state index in [4.69, 9.17) is 9.47 Å². The van der Waals surface area contributed by atoms with E-state index in [1.807, 2.05) is 6.92 Å². The second-order valence-corrected chi connectivity index (χ2v) is 4.95. The van der Waals surface area contributed by atoms with Crippen molar-refractivity contribution >= 4 is 11.8 Å². The molecule has 0 N–H and O–H groups in total. The molecule has 0 aromatic heterocycles. The molecule has 0 spiro atoms. The van der Waals surface area contributed by atoms with Crippen LogP contribution >= 0.6 is 0 Å². The summed E-state index contributed by atoms with van der Waals surface area (Å²) in [5, 5.41) is 0. The molecule has 0 atom stereocenters. The Morgan fingerprint density at radius 3 is 2.00 bits per heavy atom. The third-order valence-electron chi connectivity index (χ3n) is 3.75. The van der Waals surface area contributed by atoms with Crippen molar-refractivity contribution < 1.29 is 19.1 Å². The van der Waals surface area contributed by atoms with Crippen molar-refractivity contribution in [3.63, 3.8) is 0 Å². The van der Waals surface area contributed by atoms with E-state index in [2.05, 4.69) is 0 Å². The zero-order chi connectivity index (χ0) is 14.8. The van der Waals surface area contributed by atoms with Gasteiger partial charge in [-0.1, -0.05) is 12.1 Å². The van der Waals surface area contributed by atoms with E-state index in [0.29, 0.717) is 30.5 Å². The van der Waals surface area contributed by atoms with E-state index in [1.165, 1.54) is 4.90 Å². The number of benzene rings is 1. The summed E-state index contributed by atoms with van der Waals surface area (Å²) in [6.45, 7) is 2.20. The van der Waals surface area contributed by atoms with Crippen molar-refractivity contribution in [1.29, 1.82) is 0 Å². The molecule has 2 amide bonds. The van der Waals surface area contributed by atoms with Gasteiger partial charge in [0.15, 0.2) is 5.79 Å². The standard InChI is InChI=1S/C15H19NO4/c1-15(19-2,20-3)9-6-10-16-13(17)11-7-4-5-8-12(11)14(16)18/h4-5,7-8H,6,9-10H2,1-3H3. The van der Waals surface area contributed by atoms with E-state index < -0.39 is 5.79 Å². The third kappa shape index (κ3) is 2.59. The van der Waals surface area contributed by atoms with E-state index in [-0.39, 0.29) is 11.8 Å². The average Bonchev–Trinajstić information content (AvgIpc) is 2.72. The summed E-state index contributed by atoms with van der Waals surface area (Å²) >= 11 is 0. The van der Waals surface area contributed by atoms with Crippen LogP contribution in [0.4, 0.5) is 0 Å². The highest BCUT2D eigenvalue weighted by atomic mass is 16.7. The first kappa shape index (κ1) is 14.7. The molecule has 0 saturated heterocycles. The number of carbonyl (C=O) groups excluding carboxylic acids is 2. The number of methoxy groups -OCH3 is 2. The van der Waals surface area contributed by atoms with Gasteiger partial charge in [-0.3, -0.25) is 14.5 Å². The van der Waals surface area contributed by atoms with Gasteiger partial charge in [0.1, 0.15) is 0 Å². The second kappa shape index (κ2) is 5.73. The predicted molar refractivity (Wildman–Crippen MR) is 73.5 cm³/mol. The zero-order valence-corrected chi connectivity index (χ0v) is 12.0. The van der Waals surface area contributed by atoms with Crippen LogP contribution in [-0.2, 0) is 9.47 Å². The van der Waals surface area contributed by atoms with Gasteiger partial charge in [0, 0.05) is 27.2 Å². The molecule has 0 radical (unpaired) electrons. The van der Waals surface area contributed by atoms with E-state index in [9.17, 15) is 9.59 Å². The molecule has 1 heterocycles. The molecule has 1 aliphatic heterocycles. The van der Waals surface area contributed by atoms with Crippen LogP contribution < -0.4 is 0 Å². The lowest BCUT2D eigenvalue weighted by Gasteiger charge is -2.27. The van der Waals surface area contributed by atoms with Crippen LogP contribution in [0.2, 0.25) is 0 Å². The minimum atomic E-state index is -0.682. The Morgan fingerprint density at radius 2 is 1.55 bits per heavy atom. The molecule has 0 unspecified atom stereocenters. The minimum Gasteiger partial charge on any atom is -0.353 e. The second-order valence-electron chi connectivity index (χ2n) is 4.95. The molecule has 0 aliphatic carbocycles. The molecule has 20 heavy (non-hydrogen) atoms. The van der Waals surface area contributed by atoms with Gasteiger partial charge < -0.3 is 9.47 Å². The summed E-state index contributed by atoms with van der Waals surface area (Å²) < 4.78 is 10.5. The molecular formula is C15H19NO4. The molecule has 5 nitrogen and oxygen atoms in total. The largest absolute Gasteiger partial charge is 0.353 e. The number of amides is 2. The van der Waals surface area contributed by atoms with Crippen LogP contribution in [0.15, 0.2) is 24.3 Å². The summed E-state index contributed by atoms with van der Waals surface area (Å²) in [7, 11) is 3.15. The van der Waals surface area contributed by atoms with Crippen molar-refractivity contribution in [1.82, 2.24) is 4.90 Å². The number of imide groups is 1. The first-order valence-corrected chi connectivity index (χ1v) is 6.58. The molecule has 0 saturated carbocycles. The summed E-state index contributed by atoms with van der Waals surface area (Å²) in [5.41, 5.74) is 0.970. The highest BCUT2D eigenvalue weighted by Gasteiger charge is 2.35. The molecule has 108 valence electrons. The fourth-order valence-electron chi connectivity index (χ4n) is 2.29. The summed E-state index contributed by atoms with van der Waals surface area (Å²) in [6.07, 6.45) is 1.23. The molecule has 5 heteroatoms.